The minimum atomic E-state index is -2.13. The number of allylic oxidation sites excluding steroid dienone is 2. The van der Waals surface area contributed by atoms with Crippen LogP contribution in [-0.4, -0.2) is 174 Å². The van der Waals surface area contributed by atoms with Crippen molar-refractivity contribution in [2.24, 2.45) is 50.2 Å². The van der Waals surface area contributed by atoms with Gasteiger partial charge in [0.2, 0.25) is 0 Å². The molecule has 0 radical (unpaired) electrons. The molecule has 7 aliphatic rings. The lowest BCUT2D eigenvalue weighted by molar-refractivity contribution is -0.369. The molecule has 4 saturated carbocycles. The molecule has 5 aliphatic carbocycles. The molecule has 0 bridgehead atoms. The third kappa shape index (κ3) is 13.2. The summed E-state index contributed by atoms with van der Waals surface area (Å²) in [6.07, 6.45) is -15.9. The van der Waals surface area contributed by atoms with Crippen molar-refractivity contribution in [1.82, 2.24) is 16.0 Å². The highest BCUT2D eigenvalue weighted by molar-refractivity contribution is 5.96. The first kappa shape index (κ1) is 70.3. The maximum absolute atomic E-state index is 15.7. The van der Waals surface area contributed by atoms with E-state index in [1.54, 1.807) is 60.7 Å². The van der Waals surface area contributed by atoms with E-state index in [9.17, 15) is 49.5 Å². The van der Waals surface area contributed by atoms with Gasteiger partial charge >= 0.3 is 18.3 Å². The van der Waals surface area contributed by atoms with Crippen LogP contribution >= 0.6 is 0 Å². The summed E-state index contributed by atoms with van der Waals surface area (Å²) in [6.45, 7) is 15.2. The largest absolute Gasteiger partial charge is 0.453 e. The van der Waals surface area contributed by atoms with Gasteiger partial charge in [0.15, 0.2) is 35.7 Å². The number of hydrogen-bond acceptors (Lipinski definition) is 19. The molecule has 94 heavy (non-hydrogen) atoms. The molecule has 2 aliphatic heterocycles. The first-order valence-electron chi connectivity index (χ1n) is 33.0. The molecule has 10 rings (SSSR count). The van der Waals surface area contributed by atoms with Crippen LogP contribution in [0, 0.1) is 50.2 Å². The number of carbonyl (C=O) groups excluding carboxylic acids is 7. The average Bonchev–Trinajstić information content (AvgIpc) is 0.674. The molecular formula is C72H95N3O19. The Kier molecular flexibility index (Phi) is 20.6. The number of benzene rings is 3. The summed E-state index contributed by atoms with van der Waals surface area (Å²) in [4.78, 5) is 98.6. The molecule has 3 aromatic rings. The van der Waals surface area contributed by atoms with Crippen molar-refractivity contribution in [2.45, 2.75) is 211 Å². The van der Waals surface area contributed by atoms with E-state index in [0.717, 1.165) is 44.6 Å². The smallest absolute Gasteiger partial charge is 0.407 e. The van der Waals surface area contributed by atoms with Crippen molar-refractivity contribution in [1.29, 1.82) is 0 Å². The van der Waals surface area contributed by atoms with Crippen LogP contribution in [0.2, 0.25) is 0 Å². The summed E-state index contributed by atoms with van der Waals surface area (Å²) >= 11 is 0. The molecule has 3 amide bonds. The lowest BCUT2D eigenvalue weighted by Gasteiger charge is -2.70. The monoisotopic (exact) mass is 1310 g/mol. The van der Waals surface area contributed by atoms with Crippen LogP contribution < -0.4 is 16.0 Å². The van der Waals surface area contributed by atoms with Crippen molar-refractivity contribution < 1.29 is 92.3 Å². The van der Waals surface area contributed by atoms with Gasteiger partial charge in [-0.15, -0.1) is 0 Å². The molecule has 8 N–H and O–H groups in total. The molecule has 2 heterocycles. The number of ether oxygens (including phenoxy) is 7. The van der Waals surface area contributed by atoms with Crippen molar-refractivity contribution in [3.63, 3.8) is 0 Å². The predicted molar refractivity (Wildman–Crippen MR) is 340 cm³/mol. The van der Waals surface area contributed by atoms with Crippen LogP contribution in [0.15, 0.2) is 103 Å². The van der Waals surface area contributed by atoms with E-state index < -0.39 is 148 Å². The van der Waals surface area contributed by atoms with Crippen molar-refractivity contribution in [3.8, 4) is 0 Å². The minimum Gasteiger partial charge on any atom is -0.453 e. The van der Waals surface area contributed by atoms with E-state index in [0.29, 0.717) is 56.1 Å². The third-order valence-electron chi connectivity index (χ3n) is 23.7. The summed E-state index contributed by atoms with van der Waals surface area (Å²) in [6, 6.07) is 23.3. The molecule has 0 aromatic heterocycles. The molecule has 6 fully saturated rings. The van der Waals surface area contributed by atoms with Crippen LogP contribution in [0.1, 0.15) is 123 Å². The number of hydrogen-bond donors (Lipinski definition) is 8. The molecule has 512 valence electrons. The maximum atomic E-state index is 15.7. The van der Waals surface area contributed by atoms with Crippen molar-refractivity contribution >= 4 is 41.4 Å². The summed E-state index contributed by atoms with van der Waals surface area (Å²) in [5.41, 5.74) is -0.235. The zero-order valence-corrected chi connectivity index (χ0v) is 55.5. The normalized spacial score (nSPS) is 37.6. The van der Waals surface area contributed by atoms with Gasteiger partial charge in [-0.05, 0) is 139 Å². The number of alkyl carbamates (subject to hydrolysis) is 3. The van der Waals surface area contributed by atoms with Gasteiger partial charge in [0.1, 0.15) is 48.8 Å². The van der Waals surface area contributed by atoms with Gasteiger partial charge in [-0.2, -0.15) is 0 Å². The standard InChI is InChI=1S/C72H95N3O19/c1-67(2)48-26-29-72(7)60(47(76)37-42-43-38-69(4,31-30-68(43,3)32-33-71(42,72)6)61(84)46(75-66(87)90-10)36-41-24-18-13-19-25-41)70(48,5)28-27-49(67)91-63-59(55(82)54(81)58(93-63)51(78)45(74-65(86)89-9)35-40-22-16-12-17-23-40)94-62-56(83)52(79)53(80)57(92-62)50(77)44(73-64(85)88-8)34-39-20-14-11-15-21-39/h11-25,37,43-46,48-49,52-60,62-63,79-83H,26-36,38H2,1-10H3,(H,73,85)(H,74,86)(H,75,87)/t43?,44?,45?,46?,48-,49?,52+,53+,54+,55+,56-,57-,58-,59-,60?,62+,63+,68?,69-,70-,71+,72+/m0/s1. The fourth-order valence-corrected chi connectivity index (χ4v) is 18.1. The Morgan fingerprint density at radius 1 is 0.543 bits per heavy atom. The highest BCUT2D eigenvalue weighted by Gasteiger charge is 2.71. The van der Waals surface area contributed by atoms with E-state index >= 15 is 9.59 Å². The van der Waals surface area contributed by atoms with Crippen LogP contribution in [-0.2, 0) is 71.6 Å². The number of carbonyl (C=O) groups is 7. The highest BCUT2D eigenvalue weighted by atomic mass is 16.8. The first-order chi connectivity index (χ1) is 44.5. The Morgan fingerprint density at radius 2 is 1.01 bits per heavy atom. The highest BCUT2D eigenvalue weighted by Crippen LogP contribution is 2.75. The summed E-state index contributed by atoms with van der Waals surface area (Å²) in [5.74, 6) is -2.60. The molecule has 22 nitrogen and oxygen atoms in total. The summed E-state index contributed by atoms with van der Waals surface area (Å²) in [7, 11) is 3.50. The fraction of sp³-hybridized carbons (Fsp3) is 0.625. The molecule has 2 saturated heterocycles. The Bertz CT molecular complexity index is 3300. The quantitative estimate of drug-likeness (QED) is 0.0463. The topological polar surface area (TPSA) is 321 Å². The number of aliphatic hydroxyl groups excluding tert-OH is 5. The number of amides is 3. The average molecular weight is 1310 g/mol. The fourth-order valence-electron chi connectivity index (χ4n) is 18.1. The number of rotatable bonds is 19. The molecular weight excluding hydrogens is 1210 g/mol. The van der Waals surface area contributed by atoms with E-state index in [2.05, 4.69) is 43.6 Å². The molecule has 0 spiro atoms. The van der Waals surface area contributed by atoms with Gasteiger partial charge in [0, 0.05) is 11.3 Å². The SMILES string of the molecule is COC(=O)NC(Cc1ccccc1)C(=O)[C@@H]1O[C@H](O[C@@H]2[C@H](OC3CC[C@]4(C)C5C(=O)C=C6C7C[C@@](C)(C(=O)C(Cc8ccccc8)NC(=O)OC)CCC7(C)CC[C@@]6(C)[C@]5(C)CC[C@H]4C3(C)C)O[C@@H](C(=O)C(Cc3ccccc3)NC(=O)OC)[C@H](O)[C@H]2O)[C@@H](O)[C@H](O)[C@H]1O. The van der Waals surface area contributed by atoms with E-state index in [1.807, 2.05) is 57.2 Å². The number of aliphatic hydroxyl groups is 5. The van der Waals surface area contributed by atoms with Gasteiger partial charge in [-0.3, -0.25) is 19.2 Å². The Balaban J connectivity index is 0.948. The third-order valence-corrected chi connectivity index (χ3v) is 23.7. The van der Waals surface area contributed by atoms with Gasteiger partial charge < -0.3 is 74.6 Å². The lowest BCUT2D eigenvalue weighted by atomic mass is 9.33. The summed E-state index contributed by atoms with van der Waals surface area (Å²) < 4.78 is 40.8. The first-order valence-corrected chi connectivity index (χ1v) is 33.0. The number of fused-ring (bicyclic) bond motifs is 7. The molecule has 7 unspecified atom stereocenters. The predicted octanol–water partition coefficient (Wildman–Crippen LogP) is 6.60. The second-order valence-electron chi connectivity index (χ2n) is 29.4. The number of Topliss-reactive ketones (excluding diaryl/α,β-unsaturated/α-hetero) is 3. The van der Waals surface area contributed by atoms with Gasteiger partial charge in [0.05, 0.1) is 45.6 Å². The Hall–Kier alpha value is -6.47. The number of methoxy groups -OCH3 is 3. The zero-order valence-electron chi connectivity index (χ0n) is 55.5. The minimum absolute atomic E-state index is 0.0327. The Morgan fingerprint density at radius 3 is 1.52 bits per heavy atom. The van der Waals surface area contributed by atoms with Crippen molar-refractivity contribution in [2.75, 3.05) is 21.3 Å². The van der Waals surface area contributed by atoms with E-state index in [1.165, 1.54) is 7.11 Å². The lowest BCUT2D eigenvalue weighted by Crippen LogP contribution is -2.69. The maximum Gasteiger partial charge on any atom is 0.407 e. The van der Waals surface area contributed by atoms with Crippen LogP contribution in [0.3, 0.4) is 0 Å². The second kappa shape index (κ2) is 27.6. The molecule has 3 aromatic carbocycles. The second-order valence-corrected chi connectivity index (χ2v) is 29.4. The molecule has 22 atom stereocenters. The van der Waals surface area contributed by atoms with E-state index in [-0.39, 0.29) is 41.7 Å². The number of nitrogens with one attached hydrogen (secondary N) is 3. The zero-order chi connectivity index (χ0) is 68.0. The van der Waals surface area contributed by atoms with Crippen molar-refractivity contribution in [3.05, 3.63) is 119 Å². The van der Waals surface area contributed by atoms with Crippen LogP contribution in [0.25, 0.3) is 0 Å². The Labute approximate surface area is 549 Å². The van der Waals surface area contributed by atoms with Crippen LogP contribution in [0.4, 0.5) is 14.4 Å². The van der Waals surface area contributed by atoms with Gasteiger partial charge in [0.25, 0.3) is 0 Å². The summed E-state index contributed by atoms with van der Waals surface area (Å²) in [5, 5.41) is 66.9. The van der Waals surface area contributed by atoms with Gasteiger partial charge in [-0.1, -0.05) is 145 Å². The van der Waals surface area contributed by atoms with Gasteiger partial charge in [-0.25, -0.2) is 14.4 Å². The van der Waals surface area contributed by atoms with Crippen LogP contribution in [0.5, 0.6) is 0 Å². The number of ketones is 4. The van der Waals surface area contributed by atoms with E-state index in [4.69, 9.17) is 33.2 Å². The molecule has 22 heteroatoms.